The van der Waals surface area contributed by atoms with Crippen molar-refractivity contribution in [3.8, 4) is 5.75 Å². The number of likely N-dealkylation sites (N-methyl/N-ethyl adjacent to an activating group) is 1. The predicted molar refractivity (Wildman–Crippen MR) is 82.8 cm³/mol. The minimum absolute atomic E-state index is 0.118. The predicted octanol–water partition coefficient (Wildman–Crippen LogP) is 4.57. The van der Waals surface area contributed by atoms with Crippen LogP contribution in [0.1, 0.15) is 17.2 Å². The highest BCUT2D eigenvalue weighted by molar-refractivity contribution is 7.20. The first-order chi connectivity index (χ1) is 9.15. The molecule has 0 spiro atoms. The van der Waals surface area contributed by atoms with Crippen LogP contribution in [0.25, 0.3) is 0 Å². The standard InChI is InChI=1S/C14H15Cl2NOS/c1-17-11(10-8-13(15)19-14(10)16)7-9-5-3-4-6-12(9)18-2/h3-6,8,11,17H,7H2,1-2H3. The van der Waals surface area contributed by atoms with E-state index >= 15 is 0 Å². The summed E-state index contributed by atoms with van der Waals surface area (Å²) in [5, 5.41) is 3.28. The monoisotopic (exact) mass is 315 g/mol. The number of nitrogens with one attached hydrogen (secondary N) is 1. The van der Waals surface area contributed by atoms with Gasteiger partial charge in [0.1, 0.15) is 5.75 Å². The molecule has 1 aromatic heterocycles. The van der Waals surface area contributed by atoms with E-state index in [1.54, 1.807) is 7.11 Å². The molecule has 0 bridgehead atoms. The third-order valence-electron chi connectivity index (χ3n) is 3.02. The summed E-state index contributed by atoms with van der Waals surface area (Å²) in [5.74, 6) is 0.889. The van der Waals surface area contributed by atoms with E-state index in [0.717, 1.165) is 27.6 Å². The normalized spacial score (nSPS) is 12.4. The van der Waals surface area contributed by atoms with E-state index in [0.29, 0.717) is 4.34 Å². The summed E-state index contributed by atoms with van der Waals surface area (Å²) < 4.78 is 6.82. The van der Waals surface area contributed by atoms with Crippen molar-refractivity contribution in [1.82, 2.24) is 5.32 Å². The highest BCUT2D eigenvalue weighted by Gasteiger charge is 2.18. The topological polar surface area (TPSA) is 21.3 Å². The van der Waals surface area contributed by atoms with Crippen molar-refractivity contribution < 1.29 is 4.74 Å². The van der Waals surface area contributed by atoms with Crippen LogP contribution >= 0.6 is 34.5 Å². The van der Waals surface area contributed by atoms with Gasteiger partial charge in [-0.2, -0.15) is 0 Å². The van der Waals surface area contributed by atoms with Crippen LogP contribution in [-0.4, -0.2) is 14.2 Å². The van der Waals surface area contributed by atoms with Crippen LogP contribution in [0.4, 0.5) is 0 Å². The molecule has 0 aliphatic rings. The van der Waals surface area contributed by atoms with E-state index in [1.807, 2.05) is 31.3 Å². The van der Waals surface area contributed by atoms with Crippen molar-refractivity contribution in [3.05, 3.63) is 50.1 Å². The quantitative estimate of drug-likeness (QED) is 0.872. The molecule has 0 aliphatic carbocycles. The second kappa shape index (κ2) is 6.62. The SMILES string of the molecule is CNC(Cc1ccccc1OC)c1cc(Cl)sc1Cl. The van der Waals surface area contributed by atoms with E-state index in [9.17, 15) is 0 Å². The van der Waals surface area contributed by atoms with Gasteiger partial charge in [-0.15, -0.1) is 11.3 Å². The molecule has 0 saturated carbocycles. The van der Waals surface area contributed by atoms with Crippen molar-refractivity contribution in [1.29, 1.82) is 0 Å². The third-order valence-corrected chi connectivity index (χ3v) is 4.54. The summed E-state index contributed by atoms with van der Waals surface area (Å²) in [6.45, 7) is 0. The Kier molecular flexibility index (Phi) is 5.11. The summed E-state index contributed by atoms with van der Waals surface area (Å²) in [4.78, 5) is 0. The van der Waals surface area contributed by atoms with Crippen molar-refractivity contribution in [2.45, 2.75) is 12.5 Å². The first-order valence-electron chi connectivity index (χ1n) is 5.89. The fourth-order valence-electron chi connectivity index (χ4n) is 2.05. The van der Waals surface area contributed by atoms with Crippen LogP contribution in [0.15, 0.2) is 30.3 Å². The van der Waals surface area contributed by atoms with E-state index in [2.05, 4.69) is 11.4 Å². The van der Waals surface area contributed by atoms with E-state index < -0.39 is 0 Å². The zero-order valence-electron chi connectivity index (χ0n) is 10.7. The van der Waals surface area contributed by atoms with Gasteiger partial charge in [0.25, 0.3) is 0 Å². The van der Waals surface area contributed by atoms with E-state index in [-0.39, 0.29) is 6.04 Å². The number of rotatable bonds is 5. The molecular formula is C14H15Cl2NOS. The Morgan fingerprint density at radius 2 is 2.05 bits per heavy atom. The lowest BCUT2D eigenvalue weighted by Crippen LogP contribution is -2.18. The highest BCUT2D eigenvalue weighted by Crippen LogP contribution is 2.36. The van der Waals surface area contributed by atoms with Crippen LogP contribution in [0.3, 0.4) is 0 Å². The summed E-state index contributed by atoms with van der Waals surface area (Å²) in [6, 6.07) is 10.0. The third kappa shape index (κ3) is 3.42. The molecule has 0 amide bonds. The van der Waals surface area contributed by atoms with Crippen molar-refractivity contribution >= 4 is 34.5 Å². The lowest BCUT2D eigenvalue weighted by molar-refractivity contribution is 0.406. The van der Waals surface area contributed by atoms with Gasteiger partial charge in [0.15, 0.2) is 0 Å². The Hall–Kier alpha value is -0.740. The van der Waals surface area contributed by atoms with Crippen molar-refractivity contribution in [3.63, 3.8) is 0 Å². The molecular weight excluding hydrogens is 301 g/mol. The second-order valence-corrected chi connectivity index (χ2v) is 6.42. The Morgan fingerprint density at radius 1 is 1.32 bits per heavy atom. The molecule has 0 fully saturated rings. The van der Waals surface area contributed by atoms with Gasteiger partial charge in [0, 0.05) is 11.6 Å². The molecule has 0 radical (unpaired) electrons. The van der Waals surface area contributed by atoms with Crippen LogP contribution < -0.4 is 10.1 Å². The van der Waals surface area contributed by atoms with Gasteiger partial charge >= 0.3 is 0 Å². The van der Waals surface area contributed by atoms with Gasteiger partial charge < -0.3 is 10.1 Å². The molecule has 1 atom stereocenters. The molecule has 5 heteroatoms. The van der Waals surface area contributed by atoms with Crippen LogP contribution in [-0.2, 0) is 6.42 Å². The van der Waals surface area contributed by atoms with Gasteiger partial charge in [-0.1, -0.05) is 41.4 Å². The number of hydrogen-bond donors (Lipinski definition) is 1. The fraction of sp³-hybridized carbons (Fsp3) is 0.286. The largest absolute Gasteiger partial charge is 0.496 e. The second-order valence-electron chi connectivity index (χ2n) is 4.14. The van der Waals surface area contributed by atoms with Crippen LogP contribution in [0, 0.1) is 0 Å². The average molecular weight is 316 g/mol. The van der Waals surface area contributed by atoms with E-state index in [4.69, 9.17) is 27.9 Å². The Labute approximate surface area is 127 Å². The van der Waals surface area contributed by atoms with Crippen LogP contribution in [0.5, 0.6) is 5.75 Å². The Morgan fingerprint density at radius 3 is 2.63 bits per heavy atom. The Bertz CT molecular complexity index is 556. The first kappa shape index (κ1) is 14.7. The maximum atomic E-state index is 6.22. The molecule has 2 aromatic rings. The van der Waals surface area contributed by atoms with Gasteiger partial charge in [0.05, 0.1) is 15.8 Å². The maximum Gasteiger partial charge on any atom is 0.122 e. The van der Waals surface area contributed by atoms with Crippen molar-refractivity contribution in [2.75, 3.05) is 14.2 Å². The number of methoxy groups -OCH3 is 1. The number of halogens is 2. The van der Waals surface area contributed by atoms with Crippen molar-refractivity contribution in [2.24, 2.45) is 0 Å². The summed E-state index contributed by atoms with van der Waals surface area (Å²) in [7, 11) is 3.60. The molecule has 102 valence electrons. The number of benzene rings is 1. The molecule has 1 aromatic carbocycles. The summed E-state index contributed by atoms with van der Waals surface area (Å²) >= 11 is 13.6. The summed E-state index contributed by atoms with van der Waals surface area (Å²) in [6.07, 6.45) is 0.799. The molecule has 19 heavy (non-hydrogen) atoms. The number of ether oxygens (including phenoxy) is 1. The molecule has 2 rings (SSSR count). The average Bonchev–Trinajstić information content (AvgIpc) is 2.75. The fourth-order valence-corrected chi connectivity index (χ4v) is 3.63. The zero-order valence-corrected chi connectivity index (χ0v) is 13.1. The van der Waals surface area contributed by atoms with Gasteiger partial charge in [-0.25, -0.2) is 0 Å². The number of hydrogen-bond acceptors (Lipinski definition) is 3. The lowest BCUT2D eigenvalue weighted by Gasteiger charge is -2.17. The molecule has 0 saturated heterocycles. The minimum atomic E-state index is 0.118. The van der Waals surface area contributed by atoms with Gasteiger partial charge in [-0.3, -0.25) is 0 Å². The molecule has 1 N–H and O–H groups in total. The zero-order chi connectivity index (χ0) is 13.8. The maximum absolute atomic E-state index is 6.22. The molecule has 1 unspecified atom stereocenters. The van der Waals surface area contributed by atoms with Crippen LogP contribution in [0.2, 0.25) is 8.67 Å². The van der Waals surface area contributed by atoms with Gasteiger partial charge in [-0.05, 0) is 31.2 Å². The molecule has 1 heterocycles. The highest BCUT2D eigenvalue weighted by atomic mass is 35.5. The lowest BCUT2D eigenvalue weighted by atomic mass is 10.0. The van der Waals surface area contributed by atoms with E-state index in [1.165, 1.54) is 11.3 Å². The number of thiophene rings is 1. The minimum Gasteiger partial charge on any atom is -0.496 e. The molecule has 2 nitrogen and oxygen atoms in total. The number of para-hydroxylation sites is 1. The molecule has 0 aliphatic heterocycles. The Balaban J connectivity index is 2.26. The van der Waals surface area contributed by atoms with Gasteiger partial charge in [0.2, 0.25) is 0 Å². The smallest absolute Gasteiger partial charge is 0.122 e. The first-order valence-corrected chi connectivity index (χ1v) is 7.46. The summed E-state index contributed by atoms with van der Waals surface area (Å²) in [5.41, 5.74) is 2.17.